The van der Waals surface area contributed by atoms with E-state index in [0.717, 1.165) is 38.8 Å². The van der Waals surface area contributed by atoms with Crippen molar-refractivity contribution in [2.45, 2.75) is 68.5 Å². The van der Waals surface area contributed by atoms with Gasteiger partial charge in [-0.1, -0.05) is 6.07 Å². The maximum Gasteiger partial charge on any atom is 0.387 e. The molecule has 2 saturated heterocycles. The third-order valence-corrected chi connectivity index (χ3v) is 6.78. The number of ether oxygens (including phenoxy) is 2. The minimum absolute atomic E-state index is 0.00194. The quantitative estimate of drug-likeness (QED) is 0.482. The van der Waals surface area contributed by atoms with E-state index in [1.807, 2.05) is 0 Å². The number of fused-ring (bicyclic) bond motifs is 1. The number of nitrogens with one attached hydrogen (secondary N) is 4. The van der Waals surface area contributed by atoms with Gasteiger partial charge in [-0.15, -0.1) is 0 Å². The second-order valence-electron chi connectivity index (χ2n) is 9.38. The van der Waals surface area contributed by atoms with Crippen molar-refractivity contribution in [2.24, 2.45) is 0 Å². The van der Waals surface area contributed by atoms with E-state index in [1.54, 1.807) is 12.1 Å². The maximum atomic E-state index is 12.4. The van der Waals surface area contributed by atoms with E-state index in [-0.39, 0.29) is 35.5 Å². The van der Waals surface area contributed by atoms with Gasteiger partial charge in [0.15, 0.2) is 6.61 Å². The minimum atomic E-state index is -2.90. The molecule has 2 heterocycles. The van der Waals surface area contributed by atoms with E-state index in [2.05, 4.69) is 38.0 Å². The van der Waals surface area contributed by atoms with Crippen molar-refractivity contribution in [3.05, 3.63) is 24.3 Å². The number of carbonyl (C=O) groups excluding carboxylic acids is 1. The molecule has 170 valence electrons. The molecule has 5 aliphatic rings. The predicted molar refractivity (Wildman–Crippen MR) is 109 cm³/mol. The molecule has 3 atom stereocenters. The molecule has 3 saturated carbocycles. The summed E-state index contributed by atoms with van der Waals surface area (Å²) >= 11 is 0. The van der Waals surface area contributed by atoms with E-state index in [4.69, 9.17) is 4.74 Å². The number of rotatable bonds is 8. The van der Waals surface area contributed by atoms with Crippen molar-refractivity contribution in [1.82, 2.24) is 26.4 Å². The van der Waals surface area contributed by atoms with Gasteiger partial charge in [0.2, 0.25) is 0 Å². The molecular formula is C21H29F2N5O3. The van der Waals surface area contributed by atoms with Gasteiger partial charge in [-0.2, -0.15) is 8.78 Å². The standard InChI is InChI=1S/C21H29F2N5O3/c1-13-7-16-18(24-5-6-28(16)27-13)26-21-10-20(11-21,12-21)25-17(29)9-30-14-3-2-4-15(8-14)31-19(22)23/h2-4,8,13,16,18-19,24,26-27H,5-7,9-12H2,1H3,(H,25,29). The van der Waals surface area contributed by atoms with E-state index in [9.17, 15) is 13.6 Å². The molecule has 4 N–H and O–H groups in total. The molecule has 0 radical (unpaired) electrons. The van der Waals surface area contributed by atoms with Crippen LogP contribution in [0.5, 0.6) is 11.5 Å². The Morgan fingerprint density at radius 3 is 2.84 bits per heavy atom. The Hall–Kier alpha value is -2.01. The molecule has 1 aromatic rings. The Balaban J connectivity index is 1.07. The lowest BCUT2D eigenvalue weighted by Gasteiger charge is -2.71. The number of amides is 1. The highest BCUT2D eigenvalue weighted by Gasteiger charge is 2.69. The lowest BCUT2D eigenvalue weighted by Crippen LogP contribution is -2.86. The van der Waals surface area contributed by atoms with Crippen molar-refractivity contribution in [1.29, 1.82) is 0 Å². The van der Waals surface area contributed by atoms with Gasteiger partial charge < -0.3 is 14.8 Å². The first kappa shape index (κ1) is 20.9. The lowest BCUT2D eigenvalue weighted by atomic mass is 9.44. The van der Waals surface area contributed by atoms with Gasteiger partial charge in [-0.25, -0.2) is 5.01 Å². The molecule has 0 aromatic heterocycles. The zero-order chi connectivity index (χ0) is 21.6. The second kappa shape index (κ2) is 7.84. The number of piperazine rings is 1. The summed E-state index contributed by atoms with van der Waals surface area (Å²) in [6, 6.07) is 6.85. The van der Waals surface area contributed by atoms with Crippen molar-refractivity contribution < 1.29 is 23.0 Å². The molecule has 3 unspecified atom stereocenters. The molecule has 6 rings (SSSR count). The van der Waals surface area contributed by atoms with Gasteiger partial charge in [0.1, 0.15) is 11.5 Å². The second-order valence-corrected chi connectivity index (χ2v) is 9.38. The summed E-state index contributed by atoms with van der Waals surface area (Å²) < 4.78 is 34.4. The van der Waals surface area contributed by atoms with Gasteiger partial charge >= 0.3 is 6.61 Å². The summed E-state index contributed by atoms with van der Waals surface area (Å²) in [5.74, 6) is 0.114. The third-order valence-electron chi connectivity index (χ3n) is 6.78. The van der Waals surface area contributed by atoms with Gasteiger partial charge in [-0.05, 0) is 44.7 Å². The summed E-state index contributed by atoms with van der Waals surface area (Å²) in [7, 11) is 0. The number of hydrogen-bond acceptors (Lipinski definition) is 7. The minimum Gasteiger partial charge on any atom is -0.484 e. The van der Waals surface area contributed by atoms with Gasteiger partial charge in [0, 0.05) is 36.3 Å². The third kappa shape index (κ3) is 4.21. The highest BCUT2D eigenvalue weighted by atomic mass is 19.3. The van der Waals surface area contributed by atoms with Crippen molar-refractivity contribution in [3.63, 3.8) is 0 Å². The van der Waals surface area contributed by atoms with Crippen LogP contribution in [0.1, 0.15) is 32.6 Å². The number of carbonyl (C=O) groups is 1. The summed E-state index contributed by atoms with van der Waals surface area (Å²) in [6.45, 7) is 1.12. The first-order chi connectivity index (χ1) is 14.8. The summed E-state index contributed by atoms with van der Waals surface area (Å²) in [4.78, 5) is 12.4. The largest absolute Gasteiger partial charge is 0.484 e. The fraction of sp³-hybridized carbons (Fsp3) is 0.667. The number of nitrogens with zero attached hydrogens (tertiary/aromatic N) is 1. The fourth-order valence-corrected chi connectivity index (χ4v) is 5.72. The molecule has 10 heteroatoms. The highest BCUT2D eigenvalue weighted by molar-refractivity contribution is 5.79. The first-order valence-electron chi connectivity index (χ1n) is 10.9. The average molecular weight is 437 g/mol. The highest BCUT2D eigenvalue weighted by Crippen LogP contribution is 2.60. The van der Waals surface area contributed by atoms with E-state index >= 15 is 0 Å². The normalized spacial score (nSPS) is 36.3. The Morgan fingerprint density at radius 1 is 1.29 bits per heavy atom. The van der Waals surface area contributed by atoms with Crippen LogP contribution >= 0.6 is 0 Å². The SMILES string of the molecule is CC1CC2C(NC34CC(NC(=O)COc5cccc(OC(F)F)c5)(C3)C4)NCCN2N1. The molecular weight excluding hydrogens is 408 g/mol. The van der Waals surface area contributed by atoms with E-state index < -0.39 is 6.61 Å². The Labute approximate surface area is 180 Å². The van der Waals surface area contributed by atoms with Gasteiger partial charge in [0.05, 0.1) is 12.2 Å². The number of benzene rings is 1. The smallest absolute Gasteiger partial charge is 0.387 e. The number of halogens is 2. The Kier molecular flexibility index (Phi) is 5.28. The zero-order valence-electron chi connectivity index (χ0n) is 17.5. The molecule has 0 spiro atoms. The molecule has 5 fully saturated rings. The van der Waals surface area contributed by atoms with Crippen molar-refractivity contribution in [3.8, 4) is 11.5 Å². The molecule has 8 nitrogen and oxygen atoms in total. The maximum absolute atomic E-state index is 12.4. The Morgan fingerprint density at radius 2 is 2.06 bits per heavy atom. The van der Waals surface area contributed by atoms with Crippen LogP contribution in [-0.2, 0) is 4.79 Å². The van der Waals surface area contributed by atoms with Crippen LogP contribution in [0.3, 0.4) is 0 Å². The predicted octanol–water partition coefficient (Wildman–Crippen LogP) is 0.944. The lowest BCUT2D eigenvalue weighted by molar-refractivity contribution is -0.147. The molecule has 2 aliphatic heterocycles. The van der Waals surface area contributed by atoms with Crippen molar-refractivity contribution >= 4 is 5.91 Å². The van der Waals surface area contributed by atoms with Crippen LogP contribution < -0.4 is 30.8 Å². The average Bonchev–Trinajstić information content (AvgIpc) is 3.04. The molecule has 3 aliphatic carbocycles. The summed E-state index contributed by atoms with van der Waals surface area (Å²) in [5.41, 5.74) is 3.48. The monoisotopic (exact) mass is 437 g/mol. The number of alkyl halides is 2. The van der Waals surface area contributed by atoms with Crippen LogP contribution in [0, 0.1) is 0 Å². The topological polar surface area (TPSA) is 86.9 Å². The number of hydrogen-bond donors (Lipinski definition) is 4. The van der Waals surface area contributed by atoms with Gasteiger partial charge in [0.25, 0.3) is 5.91 Å². The van der Waals surface area contributed by atoms with Crippen LogP contribution in [-0.4, -0.2) is 66.6 Å². The first-order valence-corrected chi connectivity index (χ1v) is 10.9. The summed E-state index contributed by atoms with van der Waals surface area (Å²) in [6.07, 6.45) is 4.11. The summed E-state index contributed by atoms with van der Waals surface area (Å²) in [5, 5.41) is 12.9. The fourth-order valence-electron chi connectivity index (χ4n) is 5.72. The van der Waals surface area contributed by atoms with Crippen LogP contribution in [0.15, 0.2) is 24.3 Å². The zero-order valence-corrected chi connectivity index (χ0v) is 17.5. The van der Waals surface area contributed by atoms with Crippen LogP contribution in [0.4, 0.5) is 8.78 Å². The van der Waals surface area contributed by atoms with Crippen LogP contribution in [0.25, 0.3) is 0 Å². The molecule has 1 aromatic carbocycles. The molecule has 1 amide bonds. The molecule has 2 bridgehead atoms. The van der Waals surface area contributed by atoms with Gasteiger partial charge in [-0.3, -0.25) is 20.9 Å². The van der Waals surface area contributed by atoms with Crippen LogP contribution in [0.2, 0.25) is 0 Å². The van der Waals surface area contributed by atoms with Crippen molar-refractivity contribution in [2.75, 3.05) is 19.7 Å². The number of hydrazine groups is 1. The van der Waals surface area contributed by atoms with E-state index in [0.29, 0.717) is 17.8 Å². The van der Waals surface area contributed by atoms with E-state index in [1.165, 1.54) is 12.1 Å². The Bertz CT molecular complexity index is 821. The molecule has 31 heavy (non-hydrogen) atoms.